The molecular formula is C17H18N2O3S. The Morgan fingerprint density at radius 2 is 2.04 bits per heavy atom. The highest BCUT2D eigenvalue weighted by Gasteiger charge is 2.27. The van der Waals surface area contributed by atoms with Gasteiger partial charge in [-0.2, -0.15) is 0 Å². The van der Waals surface area contributed by atoms with Crippen molar-refractivity contribution >= 4 is 28.2 Å². The second-order valence-corrected chi connectivity index (χ2v) is 6.43. The van der Waals surface area contributed by atoms with Gasteiger partial charge in [-0.15, -0.1) is 11.3 Å². The smallest absolute Gasteiger partial charge is 0.256 e. The molecule has 120 valence electrons. The molecule has 1 aromatic carbocycles. The van der Waals surface area contributed by atoms with E-state index in [1.807, 2.05) is 0 Å². The summed E-state index contributed by atoms with van der Waals surface area (Å²) >= 11 is 1.50. The van der Waals surface area contributed by atoms with E-state index < -0.39 is 0 Å². The number of methoxy groups -OCH3 is 1. The molecule has 0 fully saturated rings. The van der Waals surface area contributed by atoms with Crippen molar-refractivity contribution in [1.29, 1.82) is 0 Å². The first-order valence-corrected chi connectivity index (χ1v) is 8.27. The summed E-state index contributed by atoms with van der Waals surface area (Å²) in [5.41, 5.74) is 2.19. The van der Waals surface area contributed by atoms with E-state index in [9.17, 15) is 9.59 Å². The van der Waals surface area contributed by atoms with Crippen molar-refractivity contribution in [2.24, 2.45) is 0 Å². The number of aryl methyl sites for hydroxylation is 1. The average Bonchev–Trinajstić information content (AvgIpc) is 3.14. The molecule has 3 rings (SSSR count). The van der Waals surface area contributed by atoms with Crippen molar-refractivity contribution in [1.82, 2.24) is 5.32 Å². The molecule has 0 saturated carbocycles. The van der Waals surface area contributed by atoms with Crippen LogP contribution in [0.25, 0.3) is 0 Å². The SMILES string of the molecule is CNC(=O)c1c(NC(=O)c2cccc(OC)c2)sc2c1CCC2. The molecule has 1 heterocycles. The number of rotatable bonds is 4. The Labute approximate surface area is 138 Å². The maximum absolute atomic E-state index is 12.5. The summed E-state index contributed by atoms with van der Waals surface area (Å²) in [6.45, 7) is 0. The van der Waals surface area contributed by atoms with Gasteiger partial charge in [0, 0.05) is 17.5 Å². The molecule has 6 heteroatoms. The van der Waals surface area contributed by atoms with Gasteiger partial charge >= 0.3 is 0 Å². The zero-order chi connectivity index (χ0) is 16.4. The molecule has 0 saturated heterocycles. The van der Waals surface area contributed by atoms with Crippen LogP contribution >= 0.6 is 11.3 Å². The number of fused-ring (bicyclic) bond motifs is 1. The minimum absolute atomic E-state index is 0.148. The van der Waals surface area contributed by atoms with Crippen molar-refractivity contribution in [3.63, 3.8) is 0 Å². The number of nitrogens with one attached hydrogen (secondary N) is 2. The zero-order valence-electron chi connectivity index (χ0n) is 13.1. The Morgan fingerprint density at radius 1 is 1.22 bits per heavy atom. The summed E-state index contributed by atoms with van der Waals surface area (Å²) in [6, 6.07) is 6.95. The molecule has 0 aliphatic heterocycles. The van der Waals surface area contributed by atoms with Crippen molar-refractivity contribution in [3.05, 3.63) is 45.8 Å². The van der Waals surface area contributed by atoms with E-state index in [0.717, 1.165) is 24.8 Å². The number of carbonyl (C=O) groups is 2. The summed E-state index contributed by atoms with van der Waals surface area (Å²) in [7, 11) is 3.17. The average molecular weight is 330 g/mol. The quantitative estimate of drug-likeness (QED) is 0.906. The topological polar surface area (TPSA) is 67.4 Å². The van der Waals surface area contributed by atoms with Gasteiger partial charge in [-0.25, -0.2) is 0 Å². The van der Waals surface area contributed by atoms with Gasteiger partial charge < -0.3 is 15.4 Å². The summed E-state index contributed by atoms with van der Waals surface area (Å²) in [5, 5.41) is 6.18. The molecular weight excluding hydrogens is 312 g/mol. The van der Waals surface area contributed by atoms with Crippen molar-refractivity contribution < 1.29 is 14.3 Å². The Morgan fingerprint density at radius 3 is 2.78 bits per heavy atom. The Hall–Kier alpha value is -2.34. The molecule has 2 N–H and O–H groups in total. The molecule has 1 aliphatic rings. The molecule has 0 bridgehead atoms. The third-order valence-electron chi connectivity index (χ3n) is 3.93. The van der Waals surface area contributed by atoms with Crippen LogP contribution in [0.1, 0.15) is 37.6 Å². The lowest BCUT2D eigenvalue weighted by Gasteiger charge is -2.08. The van der Waals surface area contributed by atoms with E-state index in [-0.39, 0.29) is 11.8 Å². The number of hydrogen-bond acceptors (Lipinski definition) is 4. The van der Waals surface area contributed by atoms with E-state index in [4.69, 9.17) is 4.74 Å². The molecule has 2 aromatic rings. The van der Waals surface area contributed by atoms with Gasteiger partial charge in [-0.05, 0) is 43.0 Å². The third-order valence-corrected chi connectivity index (χ3v) is 5.14. The first-order valence-electron chi connectivity index (χ1n) is 7.46. The Kier molecular flexibility index (Phi) is 4.34. The molecule has 0 radical (unpaired) electrons. The second kappa shape index (κ2) is 6.42. The summed E-state index contributed by atoms with van der Waals surface area (Å²) < 4.78 is 5.14. The van der Waals surface area contributed by atoms with Gasteiger partial charge in [0.25, 0.3) is 11.8 Å². The van der Waals surface area contributed by atoms with Gasteiger partial charge in [0.05, 0.1) is 12.7 Å². The van der Waals surface area contributed by atoms with E-state index in [1.54, 1.807) is 38.4 Å². The largest absolute Gasteiger partial charge is 0.497 e. The van der Waals surface area contributed by atoms with E-state index in [0.29, 0.717) is 21.9 Å². The minimum atomic E-state index is -0.242. The lowest BCUT2D eigenvalue weighted by molar-refractivity contribution is 0.0963. The lowest BCUT2D eigenvalue weighted by Crippen LogP contribution is -2.21. The standard InChI is InChI=1S/C17H18N2O3S/c1-18-16(21)14-12-7-4-8-13(12)23-17(14)19-15(20)10-5-3-6-11(9-10)22-2/h3,5-6,9H,4,7-8H2,1-2H3,(H,18,21)(H,19,20). The maximum Gasteiger partial charge on any atom is 0.256 e. The molecule has 0 unspecified atom stereocenters. The number of ether oxygens (including phenoxy) is 1. The molecule has 5 nitrogen and oxygen atoms in total. The number of hydrogen-bond donors (Lipinski definition) is 2. The summed E-state index contributed by atoms with van der Waals surface area (Å²) in [6.07, 6.45) is 2.93. The highest BCUT2D eigenvalue weighted by Crippen LogP contribution is 2.39. The number of amides is 2. The van der Waals surface area contributed by atoms with Crippen LogP contribution in [-0.2, 0) is 12.8 Å². The highest BCUT2D eigenvalue weighted by molar-refractivity contribution is 7.17. The van der Waals surface area contributed by atoms with Crippen LogP contribution in [0, 0.1) is 0 Å². The Bertz CT molecular complexity index is 767. The van der Waals surface area contributed by atoms with E-state index in [1.165, 1.54) is 16.2 Å². The highest BCUT2D eigenvalue weighted by atomic mass is 32.1. The number of anilines is 1. The maximum atomic E-state index is 12.5. The van der Waals surface area contributed by atoms with Gasteiger partial charge in [0.15, 0.2) is 0 Å². The zero-order valence-corrected chi connectivity index (χ0v) is 13.9. The fraction of sp³-hybridized carbons (Fsp3) is 0.294. The first kappa shape index (κ1) is 15.6. The number of thiophene rings is 1. The van der Waals surface area contributed by atoms with Crippen LogP contribution in [0.3, 0.4) is 0 Å². The summed E-state index contributed by atoms with van der Waals surface area (Å²) in [4.78, 5) is 25.9. The normalized spacial score (nSPS) is 12.6. The summed E-state index contributed by atoms with van der Waals surface area (Å²) in [5.74, 6) is 0.233. The first-order chi connectivity index (χ1) is 11.1. The molecule has 0 spiro atoms. The van der Waals surface area contributed by atoms with Gasteiger partial charge in [0.1, 0.15) is 10.8 Å². The predicted molar refractivity (Wildman–Crippen MR) is 90.7 cm³/mol. The molecule has 23 heavy (non-hydrogen) atoms. The van der Waals surface area contributed by atoms with E-state index >= 15 is 0 Å². The fourth-order valence-electron chi connectivity index (χ4n) is 2.80. The van der Waals surface area contributed by atoms with Crippen LogP contribution in [-0.4, -0.2) is 26.0 Å². The van der Waals surface area contributed by atoms with Gasteiger partial charge in [-0.3, -0.25) is 9.59 Å². The van der Waals surface area contributed by atoms with Crippen molar-refractivity contribution in [2.75, 3.05) is 19.5 Å². The van der Waals surface area contributed by atoms with Crippen LogP contribution in [0.2, 0.25) is 0 Å². The molecule has 0 atom stereocenters. The molecule has 1 aromatic heterocycles. The minimum Gasteiger partial charge on any atom is -0.497 e. The number of benzene rings is 1. The predicted octanol–water partition coefficient (Wildman–Crippen LogP) is 2.86. The van der Waals surface area contributed by atoms with Gasteiger partial charge in [0.2, 0.25) is 0 Å². The van der Waals surface area contributed by atoms with Crippen LogP contribution in [0.5, 0.6) is 5.75 Å². The van der Waals surface area contributed by atoms with Crippen molar-refractivity contribution in [2.45, 2.75) is 19.3 Å². The Balaban J connectivity index is 1.90. The van der Waals surface area contributed by atoms with E-state index in [2.05, 4.69) is 10.6 Å². The monoisotopic (exact) mass is 330 g/mol. The molecule has 1 aliphatic carbocycles. The third kappa shape index (κ3) is 2.94. The number of carbonyl (C=O) groups excluding carboxylic acids is 2. The van der Waals surface area contributed by atoms with Gasteiger partial charge in [-0.1, -0.05) is 6.07 Å². The fourth-order valence-corrected chi connectivity index (χ4v) is 4.08. The molecule has 2 amide bonds. The van der Waals surface area contributed by atoms with Crippen LogP contribution in [0.15, 0.2) is 24.3 Å². The second-order valence-electron chi connectivity index (χ2n) is 5.33. The lowest BCUT2D eigenvalue weighted by atomic mass is 10.1. The van der Waals surface area contributed by atoms with Crippen molar-refractivity contribution in [3.8, 4) is 5.75 Å². The van der Waals surface area contributed by atoms with Crippen LogP contribution in [0.4, 0.5) is 5.00 Å². The van der Waals surface area contributed by atoms with Crippen LogP contribution < -0.4 is 15.4 Å².